The monoisotopic (exact) mass is 636 g/mol. The highest BCUT2D eigenvalue weighted by atomic mass is 31.1. The molecule has 1 aromatic carbocycles. The van der Waals surface area contributed by atoms with E-state index in [0.717, 1.165) is 0 Å². The molecule has 0 fully saturated rings. The molecule has 0 saturated heterocycles. The molecule has 0 saturated carbocycles. The van der Waals surface area contributed by atoms with Crippen LogP contribution in [0.3, 0.4) is 0 Å². The van der Waals surface area contributed by atoms with Crippen LogP contribution in [-0.4, -0.2) is 64.5 Å². The number of fused-ring (bicyclic) bond motifs is 1. The molecule has 0 bridgehead atoms. The molecule has 0 spiro atoms. The first-order valence-electron chi connectivity index (χ1n) is 13.6. The number of nitrogens with zero attached hydrogens (tertiary/aromatic N) is 3. The molecule has 0 radical (unpaired) electrons. The van der Waals surface area contributed by atoms with Crippen LogP contribution >= 0.6 is 8.69 Å². The van der Waals surface area contributed by atoms with Gasteiger partial charge in [0.1, 0.15) is 12.1 Å². The number of carbonyl (C=O) groups is 2. The Balaban J connectivity index is 1.93. The molecule has 0 aliphatic carbocycles. The number of anilines is 1. The van der Waals surface area contributed by atoms with Crippen molar-refractivity contribution in [2.45, 2.75) is 60.5 Å². The Morgan fingerprint density at radius 3 is 2.34 bits per heavy atom. The summed E-state index contributed by atoms with van der Waals surface area (Å²) in [7, 11) is 0.141. The molecule has 16 heteroatoms. The van der Waals surface area contributed by atoms with Crippen LogP contribution in [0.5, 0.6) is 6.01 Å². The summed E-state index contributed by atoms with van der Waals surface area (Å²) in [6.07, 6.45) is -0.236. The average Bonchev–Trinajstić information content (AvgIpc) is 3.23. The largest absolute Gasteiger partial charge is 0.500 e. The standard InChI is InChI=1S/C28H38N5O10P/c1-26(2,3)22(34)40-16-41-28(43-44-37,42-23(35)27(4,5)6)14-17-9-8-10-18(13-17)15-33-21-19(30-25(33)36)20(29)31-24(32-21)39-12-11-38-7/h8-10,13,44H,11-12,14-16H2,1-7H3,(H2-,29,30,31,32,36)/p+1. The predicted octanol–water partition coefficient (Wildman–Crippen LogP) is 3.08. The number of esters is 2. The fourth-order valence-electron chi connectivity index (χ4n) is 3.68. The highest BCUT2D eigenvalue weighted by molar-refractivity contribution is 7.17. The fourth-order valence-corrected chi connectivity index (χ4v) is 3.98. The predicted molar refractivity (Wildman–Crippen MR) is 159 cm³/mol. The van der Waals surface area contributed by atoms with Gasteiger partial charge in [-0.25, -0.2) is 4.79 Å². The maximum atomic E-state index is 12.9. The van der Waals surface area contributed by atoms with Crippen LogP contribution in [-0.2, 0) is 50.6 Å². The number of nitrogen functional groups attached to an aromatic ring is 1. The van der Waals surface area contributed by atoms with Crippen molar-refractivity contribution in [3.05, 3.63) is 45.9 Å². The Morgan fingerprint density at radius 1 is 1.02 bits per heavy atom. The lowest BCUT2D eigenvalue weighted by Gasteiger charge is -2.30. The van der Waals surface area contributed by atoms with Gasteiger partial charge in [0, 0.05) is 7.11 Å². The Bertz CT molecular complexity index is 1540. The van der Waals surface area contributed by atoms with E-state index in [-0.39, 0.29) is 42.6 Å². The number of hydrogen-bond donors (Lipinski definition) is 2. The summed E-state index contributed by atoms with van der Waals surface area (Å²) in [6, 6.07) is 6.88. The van der Waals surface area contributed by atoms with Crippen molar-refractivity contribution in [3.8, 4) is 6.01 Å². The molecule has 3 rings (SSSR count). The summed E-state index contributed by atoms with van der Waals surface area (Å²) in [5, 5.41) is 0. The molecule has 15 nitrogen and oxygen atoms in total. The lowest BCUT2D eigenvalue weighted by Crippen LogP contribution is -2.45. The van der Waals surface area contributed by atoms with Gasteiger partial charge >= 0.3 is 38.3 Å². The van der Waals surface area contributed by atoms with Crippen LogP contribution in [0.15, 0.2) is 29.1 Å². The third kappa shape index (κ3) is 9.05. The van der Waals surface area contributed by atoms with E-state index in [4.69, 9.17) is 33.9 Å². The van der Waals surface area contributed by atoms with E-state index in [1.54, 1.807) is 65.8 Å². The third-order valence-corrected chi connectivity index (χ3v) is 6.43. The van der Waals surface area contributed by atoms with E-state index in [1.807, 2.05) is 0 Å². The first-order chi connectivity index (χ1) is 20.6. The molecular weight excluding hydrogens is 597 g/mol. The number of methoxy groups -OCH3 is 1. The highest BCUT2D eigenvalue weighted by Crippen LogP contribution is 2.31. The van der Waals surface area contributed by atoms with Gasteiger partial charge in [0.25, 0.3) is 0 Å². The van der Waals surface area contributed by atoms with Gasteiger partial charge in [-0.1, -0.05) is 28.8 Å². The number of carbonyl (C=O) groups excluding carboxylic acids is 2. The maximum Gasteiger partial charge on any atom is 0.500 e. The number of rotatable bonds is 14. The molecule has 240 valence electrons. The number of benzene rings is 1. The summed E-state index contributed by atoms with van der Waals surface area (Å²) >= 11 is 0. The van der Waals surface area contributed by atoms with E-state index < -0.39 is 49.9 Å². The molecule has 44 heavy (non-hydrogen) atoms. The van der Waals surface area contributed by atoms with E-state index in [2.05, 4.69) is 15.0 Å². The minimum atomic E-state index is -2.20. The van der Waals surface area contributed by atoms with Gasteiger partial charge in [-0.3, -0.25) is 18.9 Å². The van der Waals surface area contributed by atoms with Crippen molar-refractivity contribution in [1.29, 1.82) is 0 Å². The van der Waals surface area contributed by atoms with Gasteiger partial charge in [0.2, 0.25) is 0 Å². The van der Waals surface area contributed by atoms with Crippen LogP contribution in [0, 0.1) is 10.8 Å². The van der Waals surface area contributed by atoms with E-state index in [9.17, 15) is 18.9 Å². The number of hydrogen-bond acceptors (Lipinski definition) is 13. The normalized spacial score (nSPS) is 13.5. The van der Waals surface area contributed by atoms with Gasteiger partial charge in [0.05, 0.1) is 30.4 Å². The average molecular weight is 637 g/mol. The van der Waals surface area contributed by atoms with Crippen molar-refractivity contribution < 1.29 is 42.4 Å². The summed E-state index contributed by atoms with van der Waals surface area (Å²) in [4.78, 5) is 49.2. The first-order valence-corrected chi connectivity index (χ1v) is 14.5. The SMILES string of the molecule is COCCOc1nc(N)c2[nH]c(=O)n(Cc3cccc(CC(OCOC(=O)C(C)(C)C)(O[PH+]=O)OC(=O)C(C)(C)C)c3)c2n1. The fraction of sp³-hybridized carbons (Fsp3) is 0.536. The van der Waals surface area contributed by atoms with Crippen LogP contribution in [0.25, 0.3) is 11.2 Å². The molecule has 0 amide bonds. The second kappa shape index (κ2) is 14.2. The van der Waals surface area contributed by atoms with Crippen LogP contribution in [0.2, 0.25) is 0 Å². The Hall–Kier alpha value is -3.91. The van der Waals surface area contributed by atoms with Crippen molar-refractivity contribution in [2.75, 3.05) is 32.9 Å². The summed E-state index contributed by atoms with van der Waals surface area (Å²) in [5.41, 5.74) is 5.41. The zero-order valence-corrected chi connectivity index (χ0v) is 26.8. The Kier molecular flexibility index (Phi) is 11.2. The quantitative estimate of drug-likeness (QED) is 0.113. The second-order valence-electron chi connectivity index (χ2n) is 11.9. The molecule has 0 aliphatic heterocycles. The van der Waals surface area contributed by atoms with Crippen molar-refractivity contribution in [2.24, 2.45) is 10.8 Å². The minimum absolute atomic E-state index is 0.0149. The molecule has 2 atom stereocenters. The number of nitrogens with two attached hydrogens (primary N) is 1. The maximum absolute atomic E-state index is 12.9. The molecule has 2 aromatic heterocycles. The van der Waals surface area contributed by atoms with Gasteiger partial charge < -0.3 is 29.7 Å². The summed E-state index contributed by atoms with van der Waals surface area (Å²) in [6.45, 7) is 9.79. The van der Waals surface area contributed by atoms with Gasteiger partial charge in [-0.2, -0.15) is 9.97 Å². The lowest BCUT2D eigenvalue weighted by atomic mass is 9.97. The van der Waals surface area contributed by atoms with Crippen molar-refractivity contribution >= 4 is 37.6 Å². The van der Waals surface area contributed by atoms with Gasteiger partial charge in [-0.15, -0.1) is 0 Å². The number of aromatic nitrogens is 4. The lowest BCUT2D eigenvalue weighted by molar-refractivity contribution is -0.344. The van der Waals surface area contributed by atoms with Crippen LogP contribution in [0.1, 0.15) is 52.7 Å². The Labute approximate surface area is 255 Å². The minimum Gasteiger partial charge on any atom is -0.461 e. The number of imidazole rings is 1. The van der Waals surface area contributed by atoms with E-state index >= 15 is 0 Å². The van der Waals surface area contributed by atoms with E-state index in [0.29, 0.717) is 17.7 Å². The smallest absolute Gasteiger partial charge is 0.461 e. The number of nitrogens with one attached hydrogen (secondary N) is 1. The number of H-pyrrole nitrogens is 1. The molecule has 2 heterocycles. The third-order valence-electron chi connectivity index (χ3n) is 6.04. The summed E-state index contributed by atoms with van der Waals surface area (Å²) in [5.74, 6) is -3.44. The molecule has 3 aromatic rings. The van der Waals surface area contributed by atoms with Crippen molar-refractivity contribution in [1.82, 2.24) is 19.5 Å². The molecule has 2 unspecified atom stereocenters. The van der Waals surface area contributed by atoms with E-state index in [1.165, 1.54) is 11.7 Å². The summed E-state index contributed by atoms with van der Waals surface area (Å²) < 4.78 is 45.4. The van der Waals surface area contributed by atoms with Crippen molar-refractivity contribution in [3.63, 3.8) is 0 Å². The zero-order chi connectivity index (χ0) is 32.7. The number of aromatic amines is 1. The van der Waals surface area contributed by atoms with Gasteiger partial charge in [0.15, 0.2) is 18.3 Å². The highest BCUT2D eigenvalue weighted by Gasteiger charge is 2.45. The molecule has 3 N–H and O–H groups in total. The van der Waals surface area contributed by atoms with Crippen LogP contribution < -0.4 is 16.2 Å². The molecule has 0 aliphatic rings. The second-order valence-corrected chi connectivity index (χ2v) is 12.3. The number of ether oxygens (including phenoxy) is 5. The first kappa shape index (κ1) is 34.6. The Morgan fingerprint density at radius 2 is 1.70 bits per heavy atom. The zero-order valence-electron chi connectivity index (χ0n) is 25.8. The van der Waals surface area contributed by atoms with Gasteiger partial charge in [-0.05, 0) is 57.2 Å². The topological polar surface area (TPSA) is 196 Å². The molecular formula is C28H39N5O10P+. The van der Waals surface area contributed by atoms with Crippen LogP contribution in [0.4, 0.5) is 5.82 Å².